The lowest BCUT2D eigenvalue weighted by Crippen LogP contribution is -2.23. The first-order chi connectivity index (χ1) is 12.5. The van der Waals surface area contributed by atoms with Crippen molar-refractivity contribution in [3.8, 4) is 0 Å². The molecule has 134 valence electrons. The molecule has 1 amide bonds. The van der Waals surface area contributed by atoms with Crippen molar-refractivity contribution in [2.75, 3.05) is 5.32 Å². The first-order valence-corrected chi connectivity index (χ1v) is 9.43. The van der Waals surface area contributed by atoms with Gasteiger partial charge in [0.15, 0.2) is 0 Å². The highest BCUT2D eigenvalue weighted by molar-refractivity contribution is 7.89. The van der Waals surface area contributed by atoms with Gasteiger partial charge in [0.2, 0.25) is 10.0 Å². The van der Waals surface area contributed by atoms with E-state index >= 15 is 0 Å². The van der Waals surface area contributed by atoms with Crippen LogP contribution >= 0.6 is 0 Å². The summed E-state index contributed by atoms with van der Waals surface area (Å²) in [6.45, 7) is 1.92. The molecule has 0 spiro atoms. The molecule has 0 aliphatic rings. The molecule has 0 bridgehead atoms. The van der Waals surface area contributed by atoms with Crippen LogP contribution in [0.1, 0.15) is 21.7 Å². The third-order valence-corrected chi connectivity index (χ3v) is 5.22. The zero-order valence-electron chi connectivity index (χ0n) is 14.1. The number of furan rings is 1. The summed E-state index contributed by atoms with van der Waals surface area (Å²) in [6, 6.07) is 16.6. The molecule has 1 aromatic heterocycles. The van der Waals surface area contributed by atoms with E-state index in [1.165, 1.54) is 24.5 Å². The van der Waals surface area contributed by atoms with E-state index in [0.29, 0.717) is 11.4 Å². The van der Waals surface area contributed by atoms with E-state index in [4.69, 9.17) is 4.42 Å². The molecule has 26 heavy (non-hydrogen) atoms. The number of nitrogens with one attached hydrogen (secondary N) is 2. The minimum absolute atomic E-state index is 0.0153. The highest BCUT2D eigenvalue weighted by Crippen LogP contribution is 2.17. The molecule has 0 unspecified atom stereocenters. The summed E-state index contributed by atoms with van der Waals surface area (Å²) in [6.07, 6.45) is 1.47. The summed E-state index contributed by atoms with van der Waals surface area (Å²) in [5.41, 5.74) is 1.86. The normalized spacial score (nSPS) is 11.3. The van der Waals surface area contributed by atoms with Crippen LogP contribution < -0.4 is 10.0 Å². The monoisotopic (exact) mass is 370 g/mol. The number of anilines is 1. The lowest BCUT2D eigenvalue weighted by molar-refractivity contribution is 0.102. The Kier molecular flexibility index (Phi) is 5.20. The molecule has 6 nitrogen and oxygen atoms in total. The van der Waals surface area contributed by atoms with E-state index in [2.05, 4.69) is 10.0 Å². The molecule has 0 radical (unpaired) electrons. The van der Waals surface area contributed by atoms with E-state index in [1.54, 1.807) is 24.3 Å². The standard InChI is InChI=1S/C19H18N2O4S/c1-14-6-2-3-10-18(14)21-19(22)15-7-4-9-17(12-15)26(23,24)20-13-16-8-5-11-25-16/h2-12,20H,13H2,1H3,(H,21,22). The van der Waals surface area contributed by atoms with Crippen LogP contribution in [0.2, 0.25) is 0 Å². The average molecular weight is 370 g/mol. The maximum Gasteiger partial charge on any atom is 0.255 e. The van der Waals surface area contributed by atoms with Gasteiger partial charge in [0.05, 0.1) is 17.7 Å². The van der Waals surface area contributed by atoms with Crippen molar-refractivity contribution in [2.24, 2.45) is 0 Å². The second kappa shape index (κ2) is 7.55. The van der Waals surface area contributed by atoms with Crippen LogP contribution in [-0.4, -0.2) is 14.3 Å². The quantitative estimate of drug-likeness (QED) is 0.697. The van der Waals surface area contributed by atoms with Crippen LogP contribution in [0.25, 0.3) is 0 Å². The highest BCUT2D eigenvalue weighted by atomic mass is 32.2. The van der Waals surface area contributed by atoms with E-state index in [9.17, 15) is 13.2 Å². The molecule has 0 aliphatic heterocycles. The van der Waals surface area contributed by atoms with Gasteiger partial charge < -0.3 is 9.73 Å². The van der Waals surface area contributed by atoms with Crippen LogP contribution in [0.5, 0.6) is 0 Å². The van der Waals surface area contributed by atoms with Gasteiger partial charge in [-0.2, -0.15) is 0 Å². The third kappa shape index (κ3) is 4.19. The summed E-state index contributed by atoms with van der Waals surface area (Å²) < 4.78 is 32.4. The lowest BCUT2D eigenvalue weighted by Gasteiger charge is -2.10. The first kappa shape index (κ1) is 17.9. The topological polar surface area (TPSA) is 88.4 Å². The zero-order chi connectivity index (χ0) is 18.6. The van der Waals surface area contributed by atoms with Crippen LogP contribution in [0, 0.1) is 6.92 Å². The van der Waals surface area contributed by atoms with Crippen molar-refractivity contribution in [1.82, 2.24) is 4.72 Å². The van der Waals surface area contributed by atoms with Gasteiger partial charge in [-0.25, -0.2) is 13.1 Å². The highest BCUT2D eigenvalue weighted by Gasteiger charge is 2.17. The molecule has 0 saturated heterocycles. The van der Waals surface area contributed by atoms with Crippen LogP contribution in [0.3, 0.4) is 0 Å². The SMILES string of the molecule is Cc1ccccc1NC(=O)c1cccc(S(=O)(=O)NCc2ccco2)c1. The van der Waals surface area contributed by atoms with Gasteiger partial charge in [-0.15, -0.1) is 0 Å². The summed E-state index contributed by atoms with van der Waals surface area (Å²) in [5, 5.41) is 2.79. The fourth-order valence-electron chi connectivity index (χ4n) is 2.37. The molecule has 7 heteroatoms. The largest absolute Gasteiger partial charge is 0.468 e. The molecular formula is C19H18N2O4S. The average Bonchev–Trinajstić information content (AvgIpc) is 3.16. The number of carbonyl (C=O) groups is 1. The number of sulfonamides is 1. The van der Waals surface area contributed by atoms with Crippen LogP contribution in [0.4, 0.5) is 5.69 Å². The number of rotatable bonds is 6. The predicted octanol–water partition coefficient (Wildman–Crippen LogP) is 3.32. The van der Waals surface area contributed by atoms with E-state index in [1.807, 2.05) is 25.1 Å². The van der Waals surface area contributed by atoms with Crippen molar-refractivity contribution in [3.63, 3.8) is 0 Å². The van der Waals surface area contributed by atoms with Crippen LogP contribution in [-0.2, 0) is 16.6 Å². The number of hydrogen-bond donors (Lipinski definition) is 2. The number of benzene rings is 2. The van der Waals surface area contributed by atoms with Gasteiger partial charge in [-0.3, -0.25) is 4.79 Å². The minimum atomic E-state index is -3.76. The van der Waals surface area contributed by atoms with E-state index < -0.39 is 10.0 Å². The Labute approximate surface area is 151 Å². The first-order valence-electron chi connectivity index (χ1n) is 7.95. The van der Waals surface area contributed by atoms with Gasteiger partial charge >= 0.3 is 0 Å². The molecule has 0 saturated carbocycles. The molecule has 2 aromatic carbocycles. The molecule has 0 fully saturated rings. The number of carbonyl (C=O) groups excluding carboxylic acids is 1. The molecular weight excluding hydrogens is 352 g/mol. The second-order valence-corrected chi connectivity index (χ2v) is 7.47. The van der Waals surface area contributed by atoms with Gasteiger partial charge in [0, 0.05) is 11.3 Å². The van der Waals surface area contributed by atoms with Crippen molar-refractivity contribution < 1.29 is 17.6 Å². The van der Waals surface area contributed by atoms with Crippen LogP contribution in [0.15, 0.2) is 76.2 Å². The Morgan fingerprint density at radius 1 is 1.04 bits per heavy atom. The molecule has 1 heterocycles. The fraction of sp³-hybridized carbons (Fsp3) is 0.105. The van der Waals surface area contributed by atoms with E-state index in [0.717, 1.165) is 5.56 Å². The number of aryl methyl sites for hydroxylation is 1. The van der Waals surface area contributed by atoms with Gasteiger partial charge in [0.1, 0.15) is 5.76 Å². The number of hydrogen-bond acceptors (Lipinski definition) is 4. The van der Waals surface area contributed by atoms with Gasteiger partial charge in [-0.05, 0) is 48.9 Å². The van der Waals surface area contributed by atoms with Crippen molar-refractivity contribution >= 4 is 21.6 Å². The van der Waals surface area contributed by atoms with Crippen molar-refractivity contribution in [2.45, 2.75) is 18.4 Å². The summed E-state index contributed by atoms with van der Waals surface area (Å²) in [7, 11) is -3.76. The molecule has 2 N–H and O–H groups in total. The Morgan fingerprint density at radius 3 is 2.58 bits per heavy atom. The number of amides is 1. The predicted molar refractivity (Wildman–Crippen MR) is 98.3 cm³/mol. The van der Waals surface area contributed by atoms with Crippen molar-refractivity contribution in [1.29, 1.82) is 0 Å². The third-order valence-electron chi connectivity index (χ3n) is 3.82. The van der Waals surface area contributed by atoms with Crippen molar-refractivity contribution in [3.05, 3.63) is 83.8 Å². The molecule has 3 rings (SSSR count). The summed E-state index contributed by atoms with van der Waals surface area (Å²) in [5.74, 6) is 0.129. The Hall–Kier alpha value is -2.90. The maximum atomic E-state index is 12.4. The zero-order valence-corrected chi connectivity index (χ0v) is 14.9. The van der Waals surface area contributed by atoms with Gasteiger partial charge in [-0.1, -0.05) is 24.3 Å². The molecule has 0 atom stereocenters. The summed E-state index contributed by atoms with van der Waals surface area (Å²) in [4.78, 5) is 12.5. The Balaban J connectivity index is 1.76. The number of para-hydroxylation sites is 1. The Bertz CT molecular complexity index is 1010. The smallest absolute Gasteiger partial charge is 0.255 e. The lowest BCUT2D eigenvalue weighted by atomic mass is 10.1. The fourth-order valence-corrected chi connectivity index (χ4v) is 3.41. The Morgan fingerprint density at radius 2 is 1.85 bits per heavy atom. The molecule has 3 aromatic rings. The second-order valence-electron chi connectivity index (χ2n) is 5.70. The minimum Gasteiger partial charge on any atom is -0.468 e. The van der Waals surface area contributed by atoms with E-state index in [-0.39, 0.29) is 22.9 Å². The molecule has 0 aliphatic carbocycles. The maximum absolute atomic E-state index is 12.4. The van der Waals surface area contributed by atoms with Gasteiger partial charge in [0.25, 0.3) is 5.91 Å². The summed E-state index contributed by atoms with van der Waals surface area (Å²) >= 11 is 0.